The Hall–Kier alpha value is -0.280. The summed E-state index contributed by atoms with van der Waals surface area (Å²) in [6.45, 7) is 3.27. The zero-order chi connectivity index (χ0) is 7.68. The fourth-order valence-corrected chi connectivity index (χ4v) is 2.00. The molecule has 2 rings (SSSR count). The average molecular weight is 215 g/mol. The molecular formula is C8H11BrN2. The largest absolute Gasteiger partial charge is 0.338 e. The number of hydrogen-bond acceptors (Lipinski definition) is 1. The predicted octanol–water partition coefficient (Wildman–Crippen LogP) is 1.74. The molecule has 1 aromatic heterocycles. The van der Waals surface area contributed by atoms with E-state index < -0.39 is 0 Å². The van der Waals surface area contributed by atoms with Crippen molar-refractivity contribution in [3.8, 4) is 0 Å². The third-order valence-corrected chi connectivity index (χ3v) is 2.75. The molecule has 60 valence electrons. The SMILES string of the molecule is Brc1ccc2n1CCCNC2. The molecule has 1 aromatic rings. The summed E-state index contributed by atoms with van der Waals surface area (Å²) in [7, 11) is 0. The Morgan fingerprint density at radius 3 is 3.27 bits per heavy atom. The molecule has 0 saturated carbocycles. The number of hydrogen-bond donors (Lipinski definition) is 1. The van der Waals surface area contributed by atoms with E-state index in [0.717, 1.165) is 19.6 Å². The van der Waals surface area contributed by atoms with E-state index in [1.165, 1.54) is 16.7 Å². The fraction of sp³-hybridized carbons (Fsp3) is 0.500. The molecule has 1 aliphatic heterocycles. The van der Waals surface area contributed by atoms with Crippen LogP contribution in [0.15, 0.2) is 16.7 Å². The summed E-state index contributed by atoms with van der Waals surface area (Å²) in [5, 5.41) is 3.38. The van der Waals surface area contributed by atoms with Crippen LogP contribution in [0.4, 0.5) is 0 Å². The van der Waals surface area contributed by atoms with Gasteiger partial charge in [-0.15, -0.1) is 0 Å². The van der Waals surface area contributed by atoms with Crippen molar-refractivity contribution in [1.29, 1.82) is 0 Å². The quantitative estimate of drug-likeness (QED) is 0.697. The lowest BCUT2D eigenvalue weighted by atomic mass is 10.4. The van der Waals surface area contributed by atoms with Crippen LogP contribution in [-0.2, 0) is 13.1 Å². The van der Waals surface area contributed by atoms with Crippen molar-refractivity contribution < 1.29 is 0 Å². The van der Waals surface area contributed by atoms with Gasteiger partial charge in [-0.2, -0.15) is 0 Å². The van der Waals surface area contributed by atoms with Gasteiger partial charge in [0.05, 0.1) is 4.60 Å². The maximum Gasteiger partial charge on any atom is 0.0849 e. The molecular weight excluding hydrogens is 204 g/mol. The second kappa shape index (κ2) is 2.99. The highest BCUT2D eigenvalue weighted by Gasteiger charge is 2.07. The van der Waals surface area contributed by atoms with Gasteiger partial charge in [-0.1, -0.05) is 0 Å². The number of halogens is 1. The number of rotatable bonds is 0. The van der Waals surface area contributed by atoms with Crippen LogP contribution >= 0.6 is 15.9 Å². The molecule has 1 aliphatic rings. The van der Waals surface area contributed by atoms with Crippen LogP contribution in [0.25, 0.3) is 0 Å². The molecule has 11 heavy (non-hydrogen) atoms. The van der Waals surface area contributed by atoms with Crippen molar-refractivity contribution in [2.24, 2.45) is 0 Å². The Bertz CT molecular complexity index is 255. The molecule has 0 atom stereocenters. The Balaban J connectivity index is 2.35. The summed E-state index contributed by atoms with van der Waals surface area (Å²) in [5.41, 5.74) is 1.38. The van der Waals surface area contributed by atoms with Gasteiger partial charge < -0.3 is 9.88 Å². The predicted molar refractivity (Wildman–Crippen MR) is 48.5 cm³/mol. The van der Waals surface area contributed by atoms with Gasteiger partial charge in [0.2, 0.25) is 0 Å². The topological polar surface area (TPSA) is 17.0 Å². The Morgan fingerprint density at radius 1 is 1.45 bits per heavy atom. The average Bonchev–Trinajstić information content (AvgIpc) is 2.25. The molecule has 2 heterocycles. The summed E-state index contributed by atoms with van der Waals surface area (Å²) in [5.74, 6) is 0. The van der Waals surface area contributed by atoms with Crippen LogP contribution in [0, 0.1) is 0 Å². The van der Waals surface area contributed by atoms with Gasteiger partial charge in [0.25, 0.3) is 0 Å². The highest BCUT2D eigenvalue weighted by Crippen LogP contribution is 2.17. The number of aromatic nitrogens is 1. The summed E-state index contributed by atoms with van der Waals surface area (Å²) in [6, 6.07) is 4.28. The molecule has 3 heteroatoms. The van der Waals surface area contributed by atoms with E-state index in [1.54, 1.807) is 0 Å². The molecule has 2 nitrogen and oxygen atoms in total. The first kappa shape index (κ1) is 7.37. The van der Waals surface area contributed by atoms with E-state index in [1.807, 2.05) is 0 Å². The van der Waals surface area contributed by atoms with Crippen molar-refractivity contribution in [1.82, 2.24) is 9.88 Å². The van der Waals surface area contributed by atoms with Crippen LogP contribution in [-0.4, -0.2) is 11.1 Å². The van der Waals surface area contributed by atoms with E-state index in [0.29, 0.717) is 0 Å². The van der Waals surface area contributed by atoms with Crippen molar-refractivity contribution in [2.75, 3.05) is 6.54 Å². The van der Waals surface area contributed by atoms with E-state index in [-0.39, 0.29) is 0 Å². The zero-order valence-corrected chi connectivity index (χ0v) is 7.89. The first-order chi connectivity index (χ1) is 5.38. The first-order valence-corrected chi connectivity index (χ1v) is 4.72. The van der Waals surface area contributed by atoms with Gasteiger partial charge in [-0.25, -0.2) is 0 Å². The fourth-order valence-electron chi connectivity index (χ4n) is 1.47. The lowest BCUT2D eigenvalue weighted by molar-refractivity contribution is 0.638. The highest BCUT2D eigenvalue weighted by atomic mass is 79.9. The van der Waals surface area contributed by atoms with E-state index >= 15 is 0 Å². The second-order valence-electron chi connectivity index (χ2n) is 2.83. The zero-order valence-electron chi connectivity index (χ0n) is 6.31. The first-order valence-electron chi connectivity index (χ1n) is 3.92. The van der Waals surface area contributed by atoms with Gasteiger partial charge >= 0.3 is 0 Å². The van der Waals surface area contributed by atoms with E-state index in [4.69, 9.17) is 0 Å². The van der Waals surface area contributed by atoms with E-state index in [9.17, 15) is 0 Å². The van der Waals surface area contributed by atoms with Gasteiger partial charge in [-0.05, 0) is 41.0 Å². The molecule has 0 saturated heterocycles. The minimum atomic E-state index is 1.01. The Labute approximate surface area is 74.7 Å². The smallest absolute Gasteiger partial charge is 0.0849 e. The summed E-state index contributed by atoms with van der Waals surface area (Å²) in [6.07, 6.45) is 1.22. The van der Waals surface area contributed by atoms with Crippen molar-refractivity contribution in [3.63, 3.8) is 0 Å². The number of nitrogens with zero attached hydrogens (tertiary/aromatic N) is 1. The molecule has 0 fully saturated rings. The summed E-state index contributed by atoms with van der Waals surface area (Å²) in [4.78, 5) is 0. The van der Waals surface area contributed by atoms with Crippen LogP contribution in [0.2, 0.25) is 0 Å². The van der Waals surface area contributed by atoms with Crippen molar-refractivity contribution in [3.05, 3.63) is 22.4 Å². The Kier molecular flexibility index (Phi) is 2.00. The number of nitrogens with one attached hydrogen (secondary N) is 1. The van der Waals surface area contributed by atoms with Crippen LogP contribution < -0.4 is 5.32 Å². The van der Waals surface area contributed by atoms with Crippen LogP contribution in [0.3, 0.4) is 0 Å². The lowest BCUT2D eigenvalue weighted by Crippen LogP contribution is -2.11. The van der Waals surface area contributed by atoms with Crippen LogP contribution in [0.5, 0.6) is 0 Å². The van der Waals surface area contributed by atoms with Crippen molar-refractivity contribution in [2.45, 2.75) is 19.5 Å². The minimum Gasteiger partial charge on any atom is -0.338 e. The molecule has 0 aromatic carbocycles. The number of fused-ring (bicyclic) bond motifs is 1. The second-order valence-corrected chi connectivity index (χ2v) is 3.64. The van der Waals surface area contributed by atoms with Gasteiger partial charge in [0, 0.05) is 18.8 Å². The maximum absolute atomic E-state index is 3.52. The van der Waals surface area contributed by atoms with Crippen molar-refractivity contribution >= 4 is 15.9 Å². The molecule has 1 N–H and O–H groups in total. The Morgan fingerprint density at radius 2 is 2.36 bits per heavy atom. The third-order valence-electron chi connectivity index (χ3n) is 2.06. The molecule has 0 unspecified atom stereocenters. The molecule has 0 aliphatic carbocycles. The maximum atomic E-state index is 3.52. The third kappa shape index (κ3) is 1.35. The van der Waals surface area contributed by atoms with Crippen LogP contribution in [0.1, 0.15) is 12.1 Å². The lowest BCUT2D eigenvalue weighted by Gasteiger charge is -2.04. The minimum absolute atomic E-state index is 1.01. The summed E-state index contributed by atoms with van der Waals surface area (Å²) < 4.78 is 3.52. The highest BCUT2D eigenvalue weighted by molar-refractivity contribution is 9.10. The molecule has 0 spiro atoms. The molecule has 0 amide bonds. The molecule has 0 radical (unpaired) electrons. The molecule has 0 bridgehead atoms. The standard InChI is InChI=1S/C8H11BrN2/c9-8-3-2-7-6-10-4-1-5-11(7)8/h2-3,10H,1,4-6H2. The van der Waals surface area contributed by atoms with Gasteiger partial charge in [0.15, 0.2) is 0 Å². The summed E-state index contributed by atoms with van der Waals surface area (Å²) >= 11 is 3.52. The van der Waals surface area contributed by atoms with Gasteiger partial charge in [0.1, 0.15) is 0 Å². The normalized spacial score (nSPS) is 17.5. The van der Waals surface area contributed by atoms with E-state index in [2.05, 4.69) is 37.9 Å². The monoisotopic (exact) mass is 214 g/mol. The van der Waals surface area contributed by atoms with Gasteiger partial charge in [-0.3, -0.25) is 0 Å².